The summed E-state index contributed by atoms with van der Waals surface area (Å²) in [5.74, 6) is 0.568. The summed E-state index contributed by atoms with van der Waals surface area (Å²) in [6.45, 7) is 0.504. The highest BCUT2D eigenvalue weighted by molar-refractivity contribution is 5.44. The highest BCUT2D eigenvalue weighted by Crippen LogP contribution is 1.90. The fraction of sp³-hybridized carbons (Fsp3) is 0.143. The van der Waals surface area contributed by atoms with Crippen LogP contribution in [0, 0.1) is 0 Å². The summed E-state index contributed by atoms with van der Waals surface area (Å²) in [7, 11) is 0. The zero-order valence-electron chi connectivity index (χ0n) is 6.32. The lowest BCUT2D eigenvalue weighted by atomic mass is 10.3. The van der Waals surface area contributed by atoms with Gasteiger partial charge < -0.3 is 16.2 Å². The van der Waals surface area contributed by atoms with Gasteiger partial charge in [0.2, 0.25) is 5.95 Å². The van der Waals surface area contributed by atoms with E-state index in [9.17, 15) is 0 Å². The molecule has 0 saturated heterocycles. The predicted octanol–water partition coefficient (Wildman–Crippen LogP) is -1.81. The smallest absolute Gasteiger partial charge is 0.222 e. The van der Waals surface area contributed by atoms with Crippen LogP contribution >= 0.6 is 0 Å². The molecule has 0 radical (unpaired) electrons. The van der Waals surface area contributed by atoms with Crippen molar-refractivity contribution < 1.29 is 4.74 Å². The van der Waals surface area contributed by atoms with Crippen LogP contribution in [0.3, 0.4) is 0 Å². The van der Waals surface area contributed by atoms with E-state index >= 15 is 0 Å². The van der Waals surface area contributed by atoms with Crippen molar-refractivity contribution >= 4 is 24.1 Å². The van der Waals surface area contributed by atoms with E-state index in [1.165, 1.54) is 6.26 Å². The molecule has 0 saturated carbocycles. The van der Waals surface area contributed by atoms with Crippen LogP contribution in [0.5, 0.6) is 0 Å². The van der Waals surface area contributed by atoms with Gasteiger partial charge in [0.05, 0.1) is 0 Å². The number of nitrogens with two attached hydrogens (primary N) is 2. The summed E-state index contributed by atoms with van der Waals surface area (Å²) in [4.78, 5) is 7.77. The molecule has 0 aliphatic carbocycles. The minimum atomic E-state index is 0.168. The Balaban J connectivity index is 2.87. The Morgan fingerprint density at radius 3 is 3.00 bits per heavy atom. The lowest BCUT2D eigenvalue weighted by Crippen LogP contribution is -2.35. The van der Waals surface area contributed by atoms with Gasteiger partial charge >= 0.3 is 0 Å². The standard InChI is InChI=1S/C7H8N4O/c8-6-4-1-2-12-3-5(4)10-7(9)11-6/h1,3H,2H2,(H4,8,9,10,11). The van der Waals surface area contributed by atoms with Crippen molar-refractivity contribution in [1.29, 1.82) is 0 Å². The van der Waals surface area contributed by atoms with Crippen molar-refractivity contribution in [3.05, 3.63) is 10.6 Å². The second-order valence-electron chi connectivity index (χ2n) is 2.42. The summed E-state index contributed by atoms with van der Waals surface area (Å²) in [6, 6.07) is 0. The zero-order chi connectivity index (χ0) is 8.55. The molecule has 4 N–H and O–H groups in total. The van der Waals surface area contributed by atoms with Crippen molar-refractivity contribution in [1.82, 2.24) is 9.97 Å². The fourth-order valence-electron chi connectivity index (χ4n) is 1.08. The molecule has 2 heterocycles. The van der Waals surface area contributed by atoms with Gasteiger partial charge in [0.25, 0.3) is 0 Å². The van der Waals surface area contributed by atoms with Crippen LogP contribution in [0.25, 0.3) is 12.3 Å². The third-order valence-corrected chi connectivity index (χ3v) is 1.60. The Morgan fingerprint density at radius 2 is 2.17 bits per heavy atom. The monoisotopic (exact) mass is 164 g/mol. The molecular formula is C7H8N4O. The van der Waals surface area contributed by atoms with Gasteiger partial charge in [-0.2, -0.15) is 4.98 Å². The molecule has 0 aromatic carbocycles. The summed E-state index contributed by atoms with van der Waals surface area (Å²) >= 11 is 0. The van der Waals surface area contributed by atoms with E-state index in [1.807, 2.05) is 6.08 Å². The first-order valence-corrected chi connectivity index (χ1v) is 3.48. The van der Waals surface area contributed by atoms with Gasteiger partial charge in [0.1, 0.15) is 24.0 Å². The molecule has 12 heavy (non-hydrogen) atoms. The Kier molecular flexibility index (Phi) is 1.36. The van der Waals surface area contributed by atoms with Gasteiger partial charge in [-0.1, -0.05) is 0 Å². The van der Waals surface area contributed by atoms with E-state index in [4.69, 9.17) is 16.2 Å². The topological polar surface area (TPSA) is 87.0 Å². The molecule has 0 atom stereocenters. The number of fused-ring (bicyclic) bond motifs is 1. The van der Waals surface area contributed by atoms with Crippen LogP contribution in [-0.2, 0) is 4.74 Å². The van der Waals surface area contributed by atoms with Gasteiger partial charge in [-0.3, -0.25) is 0 Å². The van der Waals surface area contributed by atoms with Gasteiger partial charge in [-0.15, -0.1) is 0 Å². The van der Waals surface area contributed by atoms with Gasteiger partial charge in [0.15, 0.2) is 0 Å². The van der Waals surface area contributed by atoms with E-state index in [0.717, 1.165) is 5.22 Å². The maximum absolute atomic E-state index is 5.60. The minimum absolute atomic E-state index is 0.168. The Bertz CT molecular complexity index is 426. The quantitative estimate of drug-likeness (QED) is 0.472. The highest BCUT2D eigenvalue weighted by Gasteiger charge is 2.01. The van der Waals surface area contributed by atoms with Crippen molar-refractivity contribution in [2.75, 3.05) is 18.1 Å². The molecule has 1 aromatic rings. The first-order valence-electron chi connectivity index (χ1n) is 3.48. The number of rotatable bonds is 0. The summed E-state index contributed by atoms with van der Waals surface area (Å²) in [6.07, 6.45) is 3.36. The van der Waals surface area contributed by atoms with E-state index in [1.54, 1.807) is 0 Å². The Hall–Kier alpha value is -1.78. The maximum atomic E-state index is 5.60. The lowest BCUT2D eigenvalue weighted by Gasteiger charge is -2.03. The molecule has 1 aromatic heterocycles. The number of hydrogen-bond acceptors (Lipinski definition) is 5. The third kappa shape index (κ3) is 0.952. The number of nitrogen functional groups attached to an aromatic ring is 2. The average molecular weight is 164 g/mol. The first kappa shape index (κ1) is 6.90. The number of nitrogens with zero attached hydrogens (tertiary/aromatic N) is 2. The number of anilines is 2. The molecule has 62 valence electrons. The summed E-state index contributed by atoms with van der Waals surface area (Å²) < 4.78 is 5.02. The molecule has 0 fully saturated rings. The Morgan fingerprint density at radius 1 is 1.33 bits per heavy atom. The third-order valence-electron chi connectivity index (χ3n) is 1.60. The summed E-state index contributed by atoms with van der Waals surface area (Å²) in [5, 5.41) is 1.45. The molecule has 0 spiro atoms. The van der Waals surface area contributed by atoms with E-state index in [2.05, 4.69) is 9.97 Å². The number of aromatic nitrogens is 2. The molecule has 5 heteroatoms. The molecule has 5 nitrogen and oxygen atoms in total. The van der Waals surface area contributed by atoms with E-state index < -0.39 is 0 Å². The number of ether oxygens (including phenoxy) is 1. The molecule has 2 rings (SSSR count). The van der Waals surface area contributed by atoms with Crippen molar-refractivity contribution in [3.8, 4) is 0 Å². The van der Waals surface area contributed by atoms with Crippen molar-refractivity contribution in [2.45, 2.75) is 0 Å². The van der Waals surface area contributed by atoms with Crippen LogP contribution in [-0.4, -0.2) is 16.6 Å². The second kappa shape index (κ2) is 2.37. The van der Waals surface area contributed by atoms with Crippen LogP contribution in [0.1, 0.15) is 0 Å². The molecule has 1 aliphatic heterocycles. The van der Waals surface area contributed by atoms with Crippen LogP contribution in [0.2, 0.25) is 0 Å². The van der Waals surface area contributed by atoms with Gasteiger partial charge in [0, 0.05) is 5.22 Å². The van der Waals surface area contributed by atoms with Crippen LogP contribution in [0.4, 0.5) is 11.8 Å². The second-order valence-corrected chi connectivity index (χ2v) is 2.42. The first-order chi connectivity index (χ1) is 5.77. The van der Waals surface area contributed by atoms with Gasteiger partial charge in [-0.05, 0) is 6.08 Å². The minimum Gasteiger partial charge on any atom is -0.495 e. The largest absolute Gasteiger partial charge is 0.495 e. The maximum Gasteiger partial charge on any atom is 0.222 e. The molecule has 0 unspecified atom stereocenters. The average Bonchev–Trinajstić information content (AvgIpc) is 2.04. The molecular weight excluding hydrogens is 156 g/mol. The van der Waals surface area contributed by atoms with Crippen molar-refractivity contribution in [3.63, 3.8) is 0 Å². The number of hydrogen-bond donors (Lipinski definition) is 2. The summed E-state index contributed by atoms with van der Waals surface area (Å²) in [5.41, 5.74) is 11.0. The highest BCUT2D eigenvalue weighted by atomic mass is 16.5. The normalized spacial score (nSPS) is 13.7. The lowest BCUT2D eigenvalue weighted by molar-refractivity contribution is 0.345. The zero-order valence-corrected chi connectivity index (χ0v) is 6.32. The predicted molar refractivity (Wildman–Crippen MR) is 45.0 cm³/mol. The molecule has 1 aliphatic rings. The Labute approximate surface area is 68.4 Å². The molecule has 0 bridgehead atoms. The van der Waals surface area contributed by atoms with Gasteiger partial charge in [-0.25, -0.2) is 4.98 Å². The SMILES string of the molecule is Nc1nc(N)c2c(n1)=COCC=2. The van der Waals surface area contributed by atoms with Crippen molar-refractivity contribution in [2.24, 2.45) is 0 Å². The fourth-order valence-corrected chi connectivity index (χ4v) is 1.08. The van der Waals surface area contributed by atoms with Crippen LogP contribution < -0.4 is 22.0 Å². The van der Waals surface area contributed by atoms with E-state index in [-0.39, 0.29) is 5.95 Å². The van der Waals surface area contributed by atoms with Crippen LogP contribution in [0.15, 0.2) is 0 Å². The molecule has 0 amide bonds. The van der Waals surface area contributed by atoms with E-state index in [0.29, 0.717) is 17.8 Å².